The Morgan fingerprint density at radius 3 is 1.17 bits per heavy atom. The van der Waals surface area contributed by atoms with E-state index in [1.807, 2.05) is 0 Å². The topological polar surface area (TPSA) is 74.6 Å². The van der Waals surface area contributed by atoms with Crippen LogP contribution in [0.2, 0.25) is 0 Å². The molecule has 0 atom stereocenters. The van der Waals surface area contributed by atoms with E-state index in [1.54, 1.807) is 0 Å². The third kappa shape index (κ3) is 7.08. The van der Waals surface area contributed by atoms with Gasteiger partial charge in [-0.3, -0.25) is 0 Å². The molecule has 0 aliphatic rings. The standard InChI is InChI=1S/C4H2Br2O4.2Na.2H/c5-1(3(7)8)2(6)4(9)10;;;;/h(H,7,8)(H,9,10);;;;/q;2*+1;2*-1/b2-1-;;;;. The first-order valence-electron chi connectivity index (χ1n) is 1.98. The first-order chi connectivity index (χ1) is 4.46. The largest absolute Gasteiger partial charge is 1.00 e. The molecule has 0 saturated heterocycles. The maximum atomic E-state index is 10.0. The normalized spacial score (nSPS) is 10.2. The number of hydrogen-bond acceptors (Lipinski definition) is 2. The summed E-state index contributed by atoms with van der Waals surface area (Å²) in [6.45, 7) is 0. The third-order valence-corrected chi connectivity index (χ3v) is 2.57. The number of rotatable bonds is 2. The molecule has 0 aromatic rings. The molecular formula is C4H4Br2Na2O4. The van der Waals surface area contributed by atoms with Crippen LogP contribution in [0.5, 0.6) is 0 Å². The van der Waals surface area contributed by atoms with Crippen molar-refractivity contribution < 1.29 is 81.8 Å². The van der Waals surface area contributed by atoms with Crippen LogP contribution in [0.25, 0.3) is 0 Å². The van der Waals surface area contributed by atoms with Gasteiger partial charge in [0.1, 0.15) is 8.96 Å². The molecule has 0 aliphatic carbocycles. The van der Waals surface area contributed by atoms with Crippen LogP contribution in [0.3, 0.4) is 0 Å². The van der Waals surface area contributed by atoms with E-state index in [2.05, 4.69) is 31.9 Å². The van der Waals surface area contributed by atoms with Gasteiger partial charge < -0.3 is 13.1 Å². The van der Waals surface area contributed by atoms with Gasteiger partial charge in [0, 0.05) is 0 Å². The molecule has 12 heavy (non-hydrogen) atoms. The van der Waals surface area contributed by atoms with Crippen LogP contribution < -0.4 is 59.1 Å². The SMILES string of the molecule is O=C(O)/C(Br)=C(/Br)C(=O)O.[H-].[H-].[Na+].[Na+]. The van der Waals surface area contributed by atoms with Crippen molar-refractivity contribution in [1.29, 1.82) is 0 Å². The number of carboxylic acids is 2. The third-order valence-electron chi connectivity index (χ3n) is 0.568. The molecule has 0 saturated carbocycles. The van der Waals surface area contributed by atoms with Crippen molar-refractivity contribution in [3.8, 4) is 0 Å². The molecule has 0 heterocycles. The minimum atomic E-state index is -1.32. The van der Waals surface area contributed by atoms with Gasteiger partial charge >= 0.3 is 71.1 Å². The molecule has 0 rings (SSSR count). The Morgan fingerprint density at radius 2 is 1.08 bits per heavy atom. The quantitative estimate of drug-likeness (QED) is 0.396. The molecule has 0 bridgehead atoms. The van der Waals surface area contributed by atoms with Crippen LogP contribution in [-0.2, 0) is 9.59 Å². The van der Waals surface area contributed by atoms with Crippen LogP contribution in [0.1, 0.15) is 2.85 Å². The van der Waals surface area contributed by atoms with Gasteiger partial charge in [0.2, 0.25) is 0 Å². The number of halogens is 2. The summed E-state index contributed by atoms with van der Waals surface area (Å²) in [4.78, 5) is 20.1. The predicted octanol–water partition coefficient (Wildman–Crippen LogP) is -4.61. The molecule has 0 radical (unpaired) electrons. The molecule has 0 amide bonds. The molecule has 0 fully saturated rings. The first-order valence-corrected chi connectivity index (χ1v) is 3.57. The fourth-order valence-electron chi connectivity index (χ4n) is 0.188. The van der Waals surface area contributed by atoms with E-state index in [4.69, 9.17) is 10.2 Å². The average molecular weight is 322 g/mol. The molecular weight excluding hydrogens is 318 g/mol. The van der Waals surface area contributed by atoms with Crippen molar-refractivity contribution in [2.75, 3.05) is 0 Å². The van der Waals surface area contributed by atoms with E-state index in [0.717, 1.165) is 0 Å². The minimum Gasteiger partial charge on any atom is -1.00 e. The van der Waals surface area contributed by atoms with Crippen molar-refractivity contribution >= 4 is 43.8 Å². The fraction of sp³-hybridized carbons (Fsp3) is 0. The Morgan fingerprint density at radius 1 is 0.917 bits per heavy atom. The van der Waals surface area contributed by atoms with Crippen LogP contribution in [0, 0.1) is 0 Å². The number of carboxylic acid groups (broad SMARTS) is 2. The van der Waals surface area contributed by atoms with E-state index < -0.39 is 20.9 Å². The maximum Gasteiger partial charge on any atom is 1.00 e. The van der Waals surface area contributed by atoms with Crippen LogP contribution in [0.4, 0.5) is 0 Å². The first kappa shape index (κ1) is 19.2. The number of aliphatic carboxylic acids is 2. The molecule has 0 aromatic heterocycles. The van der Waals surface area contributed by atoms with E-state index in [0.29, 0.717) is 0 Å². The van der Waals surface area contributed by atoms with Crippen molar-refractivity contribution in [2.45, 2.75) is 0 Å². The molecule has 0 aliphatic heterocycles. The Balaban J connectivity index is -0.0000000675. The number of hydrogen-bond donors (Lipinski definition) is 2. The Kier molecular flexibility index (Phi) is 14.8. The van der Waals surface area contributed by atoms with Gasteiger partial charge in [-0.05, 0) is 31.9 Å². The zero-order valence-electron chi connectivity index (χ0n) is 8.47. The van der Waals surface area contributed by atoms with Gasteiger partial charge in [-0.15, -0.1) is 0 Å². The van der Waals surface area contributed by atoms with Crippen molar-refractivity contribution in [3.63, 3.8) is 0 Å². The van der Waals surface area contributed by atoms with E-state index in [1.165, 1.54) is 0 Å². The number of carbonyl (C=O) groups is 2. The van der Waals surface area contributed by atoms with Gasteiger partial charge in [-0.2, -0.15) is 0 Å². The zero-order chi connectivity index (χ0) is 8.31. The summed E-state index contributed by atoms with van der Waals surface area (Å²) in [6.07, 6.45) is 0. The van der Waals surface area contributed by atoms with Crippen molar-refractivity contribution in [3.05, 3.63) is 8.96 Å². The Labute approximate surface area is 133 Å². The van der Waals surface area contributed by atoms with Crippen LogP contribution >= 0.6 is 31.9 Å². The van der Waals surface area contributed by atoms with Crippen LogP contribution in [-0.4, -0.2) is 22.2 Å². The molecule has 2 N–H and O–H groups in total. The minimum absolute atomic E-state index is 0. The van der Waals surface area contributed by atoms with Crippen molar-refractivity contribution in [1.82, 2.24) is 0 Å². The summed E-state index contributed by atoms with van der Waals surface area (Å²) in [5, 5.41) is 16.4. The summed E-state index contributed by atoms with van der Waals surface area (Å²) in [7, 11) is 0. The molecule has 60 valence electrons. The monoisotopic (exact) mass is 320 g/mol. The molecule has 0 unspecified atom stereocenters. The van der Waals surface area contributed by atoms with Gasteiger partial charge in [0.15, 0.2) is 0 Å². The van der Waals surface area contributed by atoms with Gasteiger partial charge in [0.25, 0.3) is 0 Å². The maximum absolute atomic E-state index is 10.0. The second-order valence-corrected chi connectivity index (χ2v) is 2.82. The molecule has 4 nitrogen and oxygen atoms in total. The van der Waals surface area contributed by atoms with E-state index >= 15 is 0 Å². The predicted molar refractivity (Wildman–Crippen MR) is 42.4 cm³/mol. The molecule has 0 spiro atoms. The summed E-state index contributed by atoms with van der Waals surface area (Å²) < 4.78 is -0.806. The fourth-order valence-corrected chi connectivity index (χ4v) is 0.527. The zero-order valence-corrected chi connectivity index (χ0v) is 13.6. The molecule has 8 heteroatoms. The van der Waals surface area contributed by atoms with E-state index in [-0.39, 0.29) is 62.0 Å². The Bertz CT molecular complexity index is 201. The summed E-state index contributed by atoms with van der Waals surface area (Å²) >= 11 is 5.12. The summed E-state index contributed by atoms with van der Waals surface area (Å²) in [6, 6.07) is 0. The Hall–Kier alpha value is 1.64. The van der Waals surface area contributed by atoms with Gasteiger partial charge in [0.05, 0.1) is 0 Å². The van der Waals surface area contributed by atoms with Gasteiger partial charge in [-0.1, -0.05) is 0 Å². The summed E-state index contributed by atoms with van der Waals surface area (Å²) in [5.41, 5.74) is 0. The molecule has 0 aromatic carbocycles. The van der Waals surface area contributed by atoms with Crippen LogP contribution in [0.15, 0.2) is 8.96 Å². The second kappa shape index (κ2) is 9.21. The van der Waals surface area contributed by atoms with Gasteiger partial charge in [-0.25, -0.2) is 9.59 Å². The smallest absolute Gasteiger partial charge is 1.00 e. The second-order valence-electron chi connectivity index (χ2n) is 1.24. The van der Waals surface area contributed by atoms with Crippen molar-refractivity contribution in [2.24, 2.45) is 0 Å². The summed E-state index contributed by atoms with van der Waals surface area (Å²) in [5.74, 6) is -2.65. The van der Waals surface area contributed by atoms with E-state index in [9.17, 15) is 9.59 Å². The average Bonchev–Trinajstić information content (AvgIpc) is 1.84.